The lowest BCUT2D eigenvalue weighted by Crippen LogP contribution is -2.38. The Hall–Kier alpha value is -2.53. The second-order valence-corrected chi connectivity index (χ2v) is 7.22. The Labute approximate surface area is 165 Å². The summed E-state index contributed by atoms with van der Waals surface area (Å²) in [5.41, 5.74) is 1.68. The lowest BCUT2D eigenvalue weighted by Gasteiger charge is -2.22. The molecule has 0 bridgehead atoms. The van der Waals surface area contributed by atoms with Gasteiger partial charge in [-0.3, -0.25) is 9.59 Å². The molecule has 2 aromatic rings. The molecule has 0 aromatic heterocycles. The number of nitrogens with zero attached hydrogens (tertiary/aromatic N) is 1. The Morgan fingerprint density at radius 1 is 1.07 bits per heavy atom. The fourth-order valence-corrected chi connectivity index (χ4v) is 2.63. The number of carbonyl (C=O) groups is 2. The van der Waals surface area contributed by atoms with Crippen molar-refractivity contribution in [3.8, 4) is 5.75 Å². The first-order valence-electron chi connectivity index (χ1n) is 8.86. The highest BCUT2D eigenvalue weighted by molar-refractivity contribution is 6.30. The summed E-state index contributed by atoms with van der Waals surface area (Å²) in [4.78, 5) is 25.4. The standard InChI is InChI=1S/C21H25ClN2O3/c1-15(2)12-24(16(3)25)13-21(26)23-19-8-10-20(11-9-19)27-14-17-4-6-18(22)7-5-17/h4-11,15H,12-14H2,1-3H3,(H,23,26). The minimum atomic E-state index is -0.222. The Balaban J connectivity index is 1.86. The molecular formula is C21H25ClN2O3. The monoisotopic (exact) mass is 388 g/mol. The number of hydrogen-bond acceptors (Lipinski definition) is 3. The van der Waals surface area contributed by atoms with Crippen molar-refractivity contribution in [3.05, 3.63) is 59.1 Å². The molecule has 144 valence electrons. The first kappa shape index (κ1) is 20.8. The smallest absolute Gasteiger partial charge is 0.243 e. The molecule has 2 amide bonds. The maximum Gasteiger partial charge on any atom is 0.243 e. The molecule has 0 aliphatic rings. The predicted molar refractivity (Wildman–Crippen MR) is 108 cm³/mol. The zero-order chi connectivity index (χ0) is 19.8. The van der Waals surface area contributed by atoms with Crippen LogP contribution in [0.4, 0.5) is 5.69 Å². The number of amides is 2. The van der Waals surface area contributed by atoms with Gasteiger partial charge in [-0.15, -0.1) is 0 Å². The second-order valence-electron chi connectivity index (χ2n) is 6.78. The third-order valence-corrected chi connectivity index (χ3v) is 4.07. The largest absolute Gasteiger partial charge is 0.489 e. The lowest BCUT2D eigenvalue weighted by atomic mass is 10.2. The van der Waals surface area contributed by atoms with E-state index < -0.39 is 0 Å². The number of rotatable bonds is 8. The zero-order valence-corrected chi connectivity index (χ0v) is 16.6. The van der Waals surface area contributed by atoms with Gasteiger partial charge in [0.05, 0.1) is 6.54 Å². The van der Waals surface area contributed by atoms with Crippen LogP contribution in [0.15, 0.2) is 48.5 Å². The van der Waals surface area contributed by atoms with Gasteiger partial charge in [0.25, 0.3) is 0 Å². The molecule has 1 N–H and O–H groups in total. The normalized spacial score (nSPS) is 10.6. The van der Waals surface area contributed by atoms with Gasteiger partial charge in [0.1, 0.15) is 12.4 Å². The van der Waals surface area contributed by atoms with Crippen LogP contribution in [0.1, 0.15) is 26.3 Å². The molecule has 0 spiro atoms. The molecule has 0 heterocycles. The first-order valence-corrected chi connectivity index (χ1v) is 9.24. The maximum absolute atomic E-state index is 12.2. The molecule has 5 nitrogen and oxygen atoms in total. The quantitative estimate of drug-likeness (QED) is 0.730. The first-order chi connectivity index (χ1) is 12.8. The molecule has 2 rings (SSSR count). The van der Waals surface area contributed by atoms with E-state index in [0.29, 0.717) is 35.5 Å². The number of ether oxygens (including phenoxy) is 1. The summed E-state index contributed by atoms with van der Waals surface area (Å²) >= 11 is 5.86. The fourth-order valence-electron chi connectivity index (χ4n) is 2.50. The number of nitrogens with one attached hydrogen (secondary N) is 1. The maximum atomic E-state index is 12.2. The van der Waals surface area contributed by atoms with E-state index in [1.165, 1.54) is 6.92 Å². The van der Waals surface area contributed by atoms with Crippen LogP contribution in [0.5, 0.6) is 5.75 Å². The van der Waals surface area contributed by atoms with Crippen molar-refractivity contribution < 1.29 is 14.3 Å². The van der Waals surface area contributed by atoms with E-state index in [1.807, 2.05) is 38.1 Å². The third-order valence-electron chi connectivity index (χ3n) is 3.82. The summed E-state index contributed by atoms with van der Waals surface area (Å²) in [6, 6.07) is 14.6. The molecule has 6 heteroatoms. The second kappa shape index (κ2) is 9.97. The van der Waals surface area contributed by atoms with Crippen LogP contribution >= 0.6 is 11.6 Å². The van der Waals surface area contributed by atoms with Crippen LogP contribution in [0.3, 0.4) is 0 Å². The molecule has 0 aliphatic heterocycles. The van der Waals surface area contributed by atoms with E-state index in [9.17, 15) is 9.59 Å². The van der Waals surface area contributed by atoms with Crippen LogP contribution in [-0.2, 0) is 16.2 Å². The number of hydrogen-bond donors (Lipinski definition) is 1. The molecular weight excluding hydrogens is 364 g/mol. The number of anilines is 1. The summed E-state index contributed by atoms with van der Waals surface area (Å²) in [7, 11) is 0. The Morgan fingerprint density at radius 2 is 1.70 bits per heavy atom. The summed E-state index contributed by atoms with van der Waals surface area (Å²) in [5.74, 6) is 0.678. The van der Waals surface area contributed by atoms with E-state index in [-0.39, 0.29) is 18.4 Å². The predicted octanol–water partition coefficient (Wildman–Crippen LogP) is 4.36. The molecule has 0 atom stereocenters. The van der Waals surface area contributed by atoms with Crippen LogP contribution < -0.4 is 10.1 Å². The van der Waals surface area contributed by atoms with Crippen LogP contribution in [0.25, 0.3) is 0 Å². The highest BCUT2D eigenvalue weighted by Crippen LogP contribution is 2.18. The Kier molecular flexibility index (Phi) is 7.67. The van der Waals surface area contributed by atoms with Gasteiger partial charge in [0.15, 0.2) is 0 Å². The van der Waals surface area contributed by atoms with Gasteiger partial charge in [0, 0.05) is 24.2 Å². The van der Waals surface area contributed by atoms with Crippen molar-refractivity contribution in [1.29, 1.82) is 0 Å². The van der Waals surface area contributed by atoms with Crippen LogP contribution in [0, 0.1) is 5.92 Å². The van der Waals surface area contributed by atoms with Gasteiger partial charge in [-0.25, -0.2) is 0 Å². The van der Waals surface area contributed by atoms with Gasteiger partial charge < -0.3 is 15.0 Å². The summed E-state index contributed by atoms with van der Waals surface area (Å²) in [6.45, 7) is 6.53. The molecule has 2 aromatic carbocycles. The average molecular weight is 389 g/mol. The third kappa shape index (κ3) is 7.31. The van der Waals surface area contributed by atoms with E-state index in [1.54, 1.807) is 29.2 Å². The molecule has 0 aliphatic carbocycles. The van der Waals surface area contributed by atoms with Gasteiger partial charge in [0.2, 0.25) is 11.8 Å². The molecule has 0 radical (unpaired) electrons. The van der Waals surface area contributed by atoms with Gasteiger partial charge in [-0.1, -0.05) is 37.6 Å². The van der Waals surface area contributed by atoms with E-state index >= 15 is 0 Å². The lowest BCUT2D eigenvalue weighted by molar-refractivity contribution is -0.133. The van der Waals surface area contributed by atoms with Crippen molar-refractivity contribution in [2.24, 2.45) is 5.92 Å². The van der Waals surface area contributed by atoms with Crippen LogP contribution in [0.2, 0.25) is 5.02 Å². The average Bonchev–Trinajstić information content (AvgIpc) is 2.61. The molecule has 0 fully saturated rings. The van der Waals surface area contributed by atoms with Crippen molar-refractivity contribution in [2.45, 2.75) is 27.4 Å². The van der Waals surface area contributed by atoms with Crippen molar-refractivity contribution in [1.82, 2.24) is 4.90 Å². The van der Waals surface area contributed by atoms with E-state index in [4.69, 9.17) is 16.3 Å². The topological polar surface area (TPSA) is 58.6 Å². The van der Waals surface area contributed by atoms with Crippen molar-refractivity contribution >= 4 is 29.1 Å². The van der Waals surface area contributed by atoms with Gasteiger partial charge >= 0.3 is 0 Å². The van der Waals surface area contributed by atoms with Gasteiger partial charge in [-0.05, 0) is 47.9 Å². The molecule has 0 unspecified atom stereocenters. The number of benzene rings is 2. The summed E-state index contributed by atoms with van der Waals surface area (Å²) in [5, 5.41) is 3.50. The number of halogens is 1. The summed E-state index contributed by atoms with van der Waals surface area (Å²) in [6.07, 6.45) is 0. The fraction of sp³-hybridized carbons (Fsp3) is 0.333. The van der Waals surface area contributed by atoms with Crippen molar-refractivity contribution in [2.75, 3.05) is 18.4 Å². The molecule has 0 saturated heterocycles. The highest BCUT2D eigenvalue weighted by atomic mass is 35.5. The number of carbonyl (C=O) groups excluding carboxylic acids is 2. The van der Waals surface area contributed by atoms with Gasteiger partial charge in [-0.2, -0.15) is 0 Å². The zero-order valence-electron chi connectivity index (χ0n) is 15.9. The SMILES string of the molecule is CC(=O)N(CC(=O)Nc1ccc(OCc2ccc(Cl)cc2)cc1)CC(C)C. The Bertz CT molecular complexity index is 758. The minimum absolute atomic E-state index is 0.0440. The Morgan fingerprint density at radius 3 is 2.26 bits per heavy atom. The van der Waals surface area contributed by atoms with E-state index in [2.05, 4.69) is 5.32 Å². The minimum Gasteiger partial charge on any atom is -0.489 e. The van der Waals surface area contributed by atoms with Crippen LogP contribution in [-0.4, -0.2) is 29.8 Å². The molecule has 0 saturated carbocycles. The van der Waals surface area contributed by atoms with Crippen molar-refractivity contribution in [3.63, 3.8) is 0 Å². The van der Waals surface area contributed by atoms with E-state index in [0.717, 1.165) is 5.56 Å². The summed E-state index contributed by atoms with van der Waals surface area (Å²) < 4.78 is 5.72. The highest BCUT2D eigenvalue weighted by Gasteiger charge is 2.15. The molecule has 27 heavy (non-hydrogen) atoms.